The second kappa shape index (κ2) is 6.07. The van der Waals surface area contributed by atoms with Gasteiger partial charge in [0.1, 0.15) is 17.2 Å². The van der Waals surface area contributed by atoms with Crippen molar-refractivity contribution in [2.45, 2.75) is 13.5 Å². The molecule has 0 spiro atoms. The third kappa shape index (κ3) is 3.58. The molecule has 0 saturated heterocycles. The van der Waals surface area contributed by atoms with Gasteiger partial charge in [0.15, 0.2) is 0 Å². The molecule has 2 aromatic rings. The molecule has 0 aliphatic rings. The van der Waals surface area contributed by atoms with E-state index in [2.05, 4.69) is 31.9 Å². The van der Waals surface area contributed by atoms with Crippen LogP contribution in [0.3, 0.4) is 0 Å². The first-order chi connectivity index (χ1) is 8.97. The molecule has 1 aromatic heterocycles. The van der Waals surface area contributed by atoms with Gasteiger partial charge in [0, 0.05) is 14.9 Å². The molecule has 1 heterocycles. The standard InChI is InChI=1S/C13H10Br2O3S/c1-7-8(4-12(19-7)13(16)17)6-18-11-3-2-9(14)5-10(11)15/h2-5H,6H2,1H3,(H,16,17). The molecule has 3 nitrogen and oxygen atoms in total. The predicted octanol–water partition coefficient (Wildman–Crippen LogP) is 4.86. The summed E-state index contributed by atoms with van der Waals surface area (Å²) in [6.45, 7) is 2.25. The van der Waals surface area contributed by atoms with Crippen molar-refractivity contribution >= 4 is 49.2 Å². The van der Waals surface area contributed by atoms with Crippen LogP contribution in [0, 0.1) is 6.92 Å². The van der Waals surface area contributed by atoms with Crippen LogP contribution in [0.1, 0.15) is 20.1 Å². The first-order valence-corrected chi connectivity index (χ1v) is 7.78. The molecule has 100 valence electrons. The van der Waals surface area contributed by atoms with E-state index < -0.39 is 5.97 Å². The zero-order valence-electron chi connectivity index (χ0n) is 9.94. The average Bonchev–Trinajstić information content (AvgIpc) is 2.70. The molecule has 0 aliphatic carbocycles. The zero-order valence-corrected chi connectivity index (χ0v) is 13.9. The fourth-order valence-electron chi connectivity index (χ4n) is 1.52. The van der Waals surface area contributed by atoms with Crippen molar-refractivity contribution in [3.63, 3.8) is 0 Å². The van der Waals surface area contributed by atoms with Crippen molar-refractivity contribution in [2.75, 3.05) is 0 Å². The number of aryl methyl sites for hydroxylation is 1. The van der Waals surface area contributed by atoms with Gasteiger partial charge >= 0.3 is 5.97 Å². The maximum Gasteiger partial charge on any atom is 0.345 e. The molecule has 0 unspecified atom stereocenters. The maximum absolute atomic E-state index is 10.9. The van der Waals surface area contributed by atoms with Crippen LogP contribution in [0.25, 0.3) is 0 Å². The van der Waals surface area contributed by atoms with Gasteiger partial charge in [-0.3, -0.25) is 0 Å². The molecule has 0 fully saturated rings. The molecule has 0 aliphatic heterocycles. The molecule has 1 N–H and O–H groups in total. The monoisotopic (exact) mass is 404 g/mol. The number of ether oxygens (including phenoxy) is 1. The van der Waals surface area contributed by atoms with Crippen LogP contribution in [0.4, 0.5) is 0 Å². The Bertz CT molecular complexity index is 622. The number of carboxylic acid groups (broad SMARTS) is 1. The summed E-state index contributed by atoms with van der Waals surface area (Å²) in [5.74, 6) is -0.171. The van der Waals surface area contributed by atoms with Gasteiger partial charge in [0.2, 0.25) is 0 Å². The smallest absolute Gasteiger partial charge is 0.345 e. The highest BCUT2D eigenvalue weighted by Gasteiger charge is 2.12. The fraction of sp³-hybridized carbons (Fsp3) is 0.154. The molecule has 1 aromatic carbocycles. The van der Waals surface area contributed by atoms with Gasteiger partial charge in [-0.1, -0.05) is 15.9 Å². The van der Waals surface area contributed by atoms with Crippen molar-refractivity contribution in [3.8, 4) is 5.75 Å². The zero-order chi connectivity index (χ0) is 14.0. The Morgan fingerprint density at radius 3 is 2.68 bits per heavy atom. The first kappa shape index (κ1) is 14.6. The second-order valence-electron chi connectivity index (χ2n) is 3.86. The minimum atomic E-state index is -0.899. The Morgan fingerprint density at radius 1 is 1.37 bits per heavy atom. The molecule has 19 heavy (non-hydrogen) atoms. The Balaban J connectivity index is 2.12. The van der Waals surface area contributed by atoms with E-state index in [1.165, 1.54) is 11.3 Å². The molecule has 0 saturated carbocycles. The molecule has 0 atom stereocenters. The topological polar surface area (TPSA) is 46.5 Å². The highest BCUT2D eigenvalue weighted by molar-refractivity contribution is 9.11. The summed E-state index contributed by atoms with van der Waals surface area (Å²) >= 11 is 8.06. The maximum atomic E-state index is 10.9. The number of carbonyl (C=O) groups is 1. The number of aromatic carboxylic acids is 1. The minimum Gasteiger partial charge on any atom is -0.488 e. The van der Waals surface area contributed by atoms with Crippen molar-refractivity contribution in [3.05, 3.63) is 48.5 Å². The molecule has 0 bridgehead atoms. The first-order valence-electron chi connectivity index (χ1n) is 5.38. The summed E-state index contributed by atoms with van der Waals surface area (Å²) in [6, 6.07) is 7.31. The van der Waals surface area contributed by atoms with Crippen LogP contribution in [-0.2, 0) is 6.61 Å². The van der Waals surface area contributed by atoms with E-state index in [1.54, 1.807) is 6.07 Å². The van der Waals surface area contributed by atoms with Crippen molar-refractivity contribution in [1.29, 1.82) is 0 Å². The van der Waals surface area contributed by atoms with Crippen molar-refractivity contribution in [2.24, 2.45) is 0 Å². The number of benzene rings is 1. The van der Waals surface area contributed by atoms with Crippen LogP contribution in [0.5, 0.6) is 5.75 Å². The van der Waals surface area contributed by atoms with E-state index in [0.29, 0.717) is 11.5 Å². The van der Waals surface area contributed by atoms with Gasteiger partial charge in [-0.2, -0.15) is 0 Å². The van der Waals surface area contributed by atoms with E-state index in [0.717, 1.165) is 25.1 Å². The van der Waals surface area contributed by atoms with Crippen molar-refractivity contribution < 1.29 is 14.6 Å². The van der Waals surface area contributed by atoms with E-state index in [9.17, 15) is 4.79 Å². The lowest BCUT2D eigenvalue weighted by Gasteiger charge is -2.08. The lowest BCUT2D eigenvalue weighted by molar-refractivity contribution is 0.0702. The number of rotatable bonds is 4. The summed E-state index contributed by atoms with van der Waals surface area (Å²) < 4.78 is 7.52. The molecular weight excluding hydrogens is 396 g/mol. The average molecular weight is 406 g/mol. The summed E-state index contributed by atoms with van der Waals surface area (Å²) in [7, 11) is 0. The number of hydrogen-bond donors (Lipinski definition) is 1. The lowest BCUT2D eigenvalue weighted by Crippen LogP contribution is -1.96. The third-order valence-corrected chi connectivity index (χ3v) is 4.70. The Labute approximate surface area is 131 Å². The predicted molar refractivity (Wildman–Crippen MR) is 82.2 cm³/mol. The van der Waals surface area contributed by atoms with E-state index in [-0.39, 0.29) is 0 Å². The van der Waals surface area contributed by atoms with Crippen LogP contribution in [-0.4, -0.2) is 11.1 Å². The lowest BCUT2D eigenvalue weighted by atomic mass is 10.2. The number of carboxylic acids is 1. The van der Waals surface area contributed by atoms with Gasteiger partial charge in [0.25, 0.3) is 0 Å². The second-order valence-corrected chi connectivity index (χ2v) is 6.89. The molecule has 0 amide bonds. The molecule has 2 rings (SSSR count). The summed E-state index contributed by atoms with van der Waals surface area (Å²) in [5.41, 5.74) is 0.900. The van der Waals surface area contributed by atoms with Gasteiger partial charge < -0.3 is 9.84 Å². The summed E-state index contributed by atoms with van der Waals surface area (Å²) in [4.78, 5) is 12.2. The summed E-state index contributed by atoms with van der Waals surface area (Å²) in [5, 5.41) is 8.94. The number of hydrogen-bond acceptors (Lipinski definition) is 3. The summed E-state index contributed by atoms with van der Waals surface area (Å²) in [6.07, 6.45) is 0. The van der Waals surface area contributed by atoms with Crippen LogP contribution in [0.2, 0.25) is 0 Å². The van der Waals surface area contributed by atoms with Gasteiger partial charge in [-0.05, 0) is 47.1 Å². The number of halogens is 2. The van der Waals surface area contributed by atoms with Gasteiger partial charge in [-0.15, -0.1) is 11.3 Å². The van der Waals surface area contributed by atoms with Crippen LogP contribution < -0.4 is 4.74 Å². The Hall–Kier alpha value is -0.850. The van der Waals surface area contributed by atoms with E-state index >= 15 is 0 Å². The fourth-order valence-corrected chi connectivity index (χ4v) is 3.55. The quantitative estimate of drug-likeness (QED) is 0.789. The van der Waals surface area contributed by atoms with Crippen molar-refractivity contribution in [1.82, 2.24) is 0 Å². The molecule has 6 heteroatoms. The van der Waals surface area contributed by atoms with E-state index in [4.69, 9.17) is 9.84 Å². The third-order valence-electron chi connectivity index (χ3n) is 2.51. The molecule has 0 radical (unpaired) electrons. The van der Waals surface area contributed by atoms with E-state index in [1.807, 2.05) is 25.1 Å². The van der Waals surface area contributed by atoms with Crippen LogP contribution >= 0.6 is 43.2 Å². The minimum absolute atomic E-state index is 0.339. The van der Waals surface area contributed by atoms with Crippen LogP contribution in [0.15, 0.2) is 33.2 Å². The van der Waals surface area contributed by atoms with Gasteiger partial charge in [-0.25, -0.2) is 4.79 Å². The highest BCUT2D eigenvalue weighted by Crippen LogP contribution is 2.30. The highest BCUT2D eigenvalue weighted by atomic mass is 79.9. The molecular formula is C13H10Br2O3S. The normalized spacial score (nSPS) is 10.5. The Morgan fingerprint density at radius 2 is 2.11 bits per heavy atom. The number of thiophene rings is 1. The SMILES string of the molecule is Cc1sc(C(=O)O)cc1COc1ccc(Br)cc1Br. The van der Waals surface area contributed by atoms with Gasteiger partial charge in [0.05, 0.1) is 4.47 Å². The Kier molecular flexibility index (Phi) is 4.65. The largest absolute Gasteiger partial charge is 0.488 e.